The van der Waals surface area contributed by atoms with Gasteiger partial charge in [-0.1, -0.05) is 19.9 Å². The average molecular weight is 558 g/mol. The fourth-order valence-corrected chi connectivity index (χ4v) is 3.84. The fraction of sp³-hybridized carbons (Fsp3) is 0.565. The summed E-state index contributed by atoms with van der Waals surface area (Å²) in [6.07, 6.45) is 2.06. The summed E-state index contributed by atoms with van der Waals surface area (Å²) >= 11 is 0. The largest absolute Gasteiger partial charge is 0.378 e. The van der Waals surface area contributed by atoms with Gasteiger partial charge >= 0.3 is 0 Å². The molecule has 0 spiro atoms. The summed E-state index contributed by atoms with van der Waals surface area (Å²) in [5, 5.41) is 7.93. The zero-order valence-corrected chi connectivity index (χ0v) is 22.1. The molecule has 2 heterocycles. The number of ether oxygens (including phenoxy) is 1. The van der Waals surface area contributed by atoms with E-state index in [-0.39, 0.29) is 29.8 Å². The number of halogens is 2. The molecule has 1 aliphatic rings. The number of anilines is 1. The predicted octanol–water partition coefficient (Wildman–Crippen LogP) is 3.73. The van der Waals surface area contributed by atoms with Crippen molar-refractivity contribution >= 4 is 35.6 Å². The summed E-state index contributed by atoms with van der Waals surface area (Å²) in [7, 11) is 3.96. The van der Waals surface area contributed by atoms with Gasteiger partial charge in [-0.15, -0.1) is 24.0 Å². The van der Waals surface area contributed by atoms with Crippen molar-refractivity contribution in [2.45, 2.75) is 39.8 Å². The number of morpholine rings is 1. The minimum absolute atomic E-state index is 0. The number of guanidine groups is 1. The van der Waals surface area contributed by atoms with Crippen LogP contribution in [-0.2, 0) is 24.9 Å². The minimum Gasteiger partial charge on any atom is -0.378 e. The molecule has 0 amide bonds. The molecular formula is C23H36FIN6O. The number of rotatable bonds is 7. The van der Waals surface area contributed by atoms with Crippen LogP contribution in [0.2, 0.25) is 0 Å². The fourth-order valence-electron chi connectivity index (χ4n) is 3.84. The van der Waals surface area contributed by atoms with Crippen LogP contribution in [0.1, 0.15) is 43.5 Å². The first-order valence-electron chi connectivity index (χ1n) is 11.0. The zero-order chi connectivity index (χ0) is 22.4. The number of hydrogen-bond donors (Lipinski definition) is 1. The molecule has 0 unspecified atom stereocenters. The van der Waals surface area contributed by atoms with Crippen molar-refractivity contribution in [3.63, 3.8) is 0 Å². The lowest BCUT2D eigenvalue weighted by Gasteiger charge is -2.29. The third-order valence-corrected chi connectivity index (χ3v) is 5.36. The quantitative estimate of drug-likeness (QED) is 0.319. The second kappa shape index (κ2) is 12.4. The van der Waals surface area contributed by atoms with Gasteiger partial charge in [0.15, 0.2) is 5.96 Å². The standard InChI is InChI=1S/C23H35FN6O.HI/c1-6-25-23(28(4)15-19-16-29(5)27-22(19)17(2)3)26-14-18-7-8-21(20(24)13-18)30-9-11-31-12-10-30;/h7-8,13,16-17H,6,9-12,14-15H2,1-5H3,(H,25,26);1H. The van der Waals surface area contributed by atoms with Crippen molar-refractivity contribution in [3.05, 3.63) is 47.0 Å². The van der Waals surface area contributed by atoms with Crippen LogP contribution >= 0.6 is 24.0 Å². The van der Waals surface area contributed by atoms with Gasteiger partial charge in [0.05, 0.1) is 31.1 Å². The monoisotopic (exact) mass is 558 g/mol. The average Bonchev–Trinajstić information content (AvgIpc) is 3.12. The molecule has 9 heteroatoms. The maximum atomic E-state index is 14.7. The van der Waals surface area contributed by atoms with Crippen LogP contribution in [0.3, 0.4) is 0 Å². The molecule has 178 valence electrons. The highest BCUT2D eigenvalue weighted by atomic mass is 127. The second-order valence-corrected chi connectivity index (χ2v) is 8.28. The molecule has 1 aliphatic heterocycles. The highest BCUT2D eigenvalue weighted by molar-refractivity contribution is 14.0. The highest BCUT2D eigenvalue weighted by Crippen LogP contribution is 2.22. The second-order valence-electron chi connectivity index (χ2n) is 8.28. The molecule has 0 atom stereocenters. The Morgan fingerprint density at radius 1 is 1.31 bits per heavy atom. The first-order chi connectivity index (χ1) is 14.9. The van der Waals surface area contributed by atoms with Crippen LogP contribution in [-0.4, -0.2) is 60.5 Å². The Kier molecular flexibility index (Phi) is 10.2. The number of nitrogens with one attached hydrogen (secondary N) is 1. The SMILES string of the molecule is CCNC(=NCc1ccc(N2CCOCC2)c(F)c1)N(C)Cc1cn(C)nc1C(C)C.I. The lowest BCUT2D eigenvalue weighted by atomic mass is 10.1. The first kappa shape index (κ1) is 26.4. The Hall–Kier alpha value is -1.88. The first-order valence-corrected chi connectivity index (χ1v) is 11.0. The summed E-state index contributed by atoms with van der Waals surface area (Å²) in [6, 6.07) is 5.40. The molecular weight excluding hydrogens is 522 g/mol. The van der Waals surface area contributed by atoms with Gasteiger partial charge in [-0.25, -0.2) is 9.38 Å². The van der Waals surface area contributed by atoms with Crippen LogP contribution < -0.4 is 10.2 Å². The van der Waals surface area contributed by atoms with Crippen LogP contribution in [0.5, 0.6) is 0 Å². The van der Waals surface area contributed by atoms with Crippen LogP contribution in [0.4, 0.5) is 10.1 Å². The van der Waals surface area contributed by atoms with Crippen molar-refractivity contribution in [1.82, 2.24) is 20.0 Å². The Bertz CT molecular complexity index is 895. The number of aryl methyl sites for hydroxylation is 1. The Morgan fingerprint density at radius 3 is 2.66 bits per heavy atom. The number of aromatic nitrogens is 2. The van der Waals surface area contributed by atoms with Crippen LogP contribution in [0, 0.1) is 5.82 Å². The van der Waals surface area contributed by atoms with Gasteiger partial charge in [-0.05, 0) is 30.5 Å². The van der Waals surface area contributed by atoms with Gasteiger partial charge in [0.1, 0.15) is 5.82 Å². The molecule has 1 saturated heterocycles. The minimum atomic E-state index is -0.204. The van der Waals surface area contributed by atoms with E-state index in [9.17, 15) is 4.39 Å². The van der Waals surface area contributed by atoms with E-state index in [2.05, 4.69) is 35.4 Å². The normalized spacial score (nSPS) is 14.5. The number of aliphatic imine (C=N–C) groups is 1. The summed E-state index contributed by atoms with van der Waals surface area (Å²) in [6.45, 7) is 10.9. The molecule has 1 aromatic carbocycles. The molecule has 0 aliphatic carbocycles. The number of nitrogens with zero attached hydrogens (tertiary/aromatic N) is 5. The van der Waals surface area contributed by atoms with Gasteiger partial charge in [0.25, 0.3) is 0 Å². The maximum absolute atomic E-state index is 14.7. The molecule has 7 nitrogen and oxygen atoms in total. The third kappa shape index (κ3) is 6.81. The zero-order valence-electron chi connectivity index (χ0n) is 19.8. The van der Waals surface area contributed by atoms with Crippen molar-refractivity contribution in [2.24, 2.45) is 12.0 Å². The van der Waals surface area contributed by atoms with E-state index in [1.807, 2.05) is 42.7 Å². The Balaban J connectivity index is 0.00000363. The van der Waals surface area contributed by atoms with Gasteiger partial charge in [0, 0.05) is 52.0 Å². The summed E-state index contributed by atoms with van der Waals surface area (Å²) in [5.74, 6) is 0.945. The molecule has 1 N–H and O–H groups in total. The Morgan fingerprint density at radius 2 is 2.03 bits per heavy atom. The summed E-state index contributed by atoms with van der Waals surface area (Å²) < 4.78 is 21.9. The third-order valence-electron chi connectivity index (χ3n) is 5.36. The highest BCUT2D eigenvalue weighted by Gasteiger charge is 2.17. The van der Waals surface area contributed by atoms with Crippen molar-refractivity contribution in [2.75, 3.05) is 44.8 Å². The van der Waals surface area contributed by atoms with E-state index >= 15 is 0 Å². The van der Waals surface area contributed by atoms with Gasteiger partial charge < -0.3 is 19.9 Å². The van der Waals surface area contributed by atoms with Crippen LogP contribution in [0.15, 0.2) is 29.4 Å². The van der Waals surface area contributed by atoms with Crippen molar-refractivity contribution in [1.29, 1.82) is 0 Å². The van der Waals surface area contributed by atoms with Gasteiger partial charge in [-0.3, -0.25) is 4.68 Å². The van der Waals surface area contributed by atoms with E-state index < -0.39 is 0 Å². The summed E-state index contributed by atoms with van der Waals surface area (Å²) in [5.41, 5.74) is 3.78. The molecule has 32 heavy (non-hydrogen) atoms. The van der Waals surface area contributed by atoms with E-state index in [0.29, 0.717) is 37.9 Å². The maximum Gasteiger partial charge on any atom is 0.194 e. The number of benzene rings is 1. The van der Waals surface area contributed by atoms with E-state index in [1.165, 1.54) is 5.56 Å². The lowest BCUT2D eigenvalue weighted by molar-refractivity contribution is 0.122. The molecule has 0 saturated carbocycles. The van der Waals surface area contributed by atoms with Crippen LogP contribution in [0.25, 0.3) is 0 Å². The Labute approximate surface area is 208 Å². The van der Waals surface area contributed by atoms with E-state index in [1.54, 1.807) is 6.07 Å². The number of hydrogen-bond acceptors (Lipinski definition) is 4. The van der Waals surface area contributed by atoms with Crippen molar-refractivity contribution in [3.8, 4) is 0 Å². The predicted molar refractivity (Wildman–Crippen MR) is 138 cm³/mol. The molecule has 0 bridgehead atoms. The molecule has 3 rings (SSSR count). The van der Waals surface area contributed by atoms with Gasteiger partial charge in [0.2, 0.25) is 0 Å². The topological polar surface area (TPSA) is 57.9 Å². The van der Waals surface area contributed by atoms with Gasteiger partial charge in [-0.2, -0.15) is 5.10 Å². The lowest BCUT2D eigenvalue weighted by Crippen LogP contribution is -2.38. The molecule has 2 aromatic rings. The smallest absolute Gasteiger partial charge is 0.194 e. The van der Waals surface area contributed by atoms with E-state index in [0.717, 1.165) is 36.9 Å². The molecule has 0 radical (unpaired) electrons. The van der Waals surface area contributed by atoms with Crippen molar-refractivity contribution < 1.29 is 9.13 Å². The molecule has 1 aromatic heterocycles. The van der Waals surface area contributed by atoms with E-state index in [4.69, 9.17) is 9.73 Å². The molecule has 1 fully saturated rings. The summed E-state index contributed by atoms with van der Waals surface area (Å²) in [4.78, 5) is 8.87.